The third kappa shape index (κ3) is 3.69. The number of benzene rings is 1. The van der Waals surface area contributed by atoms with Crippen LogP contribution in [0, 0.1) is 0 Å². The molecule has 6 nitrogen and oxygen atoms in total. The minimum atomic E-state index is -0.440. The first-order valence-corrected chi connectivity index (χ1v) is 8.72. The first kappa shape index (κ1) is 17.5. The Balaban J connectivity index is 1.93. The van der Waals surface area contributed by atoms with Crippen LogP contribution in [-0.4, -0.2) is 43.1 Å². The van der Waals surface area contributed by atoms with Gasteiger partial charge in [0.25, 0.3) is 5.91 Å². The predicted molar refractivity (Wildman–Crippen MR) is 95.0 cm³/mol. The zero-order valence-electron chi connectivity index (χ0n) is 15.0. The van der Waals surface area contributed by atoms with E-state index < -0.39 is 6.04 Å². The van der Waals surface area contributed by atoms with E-state index in [1.54, 1.807) is 11.8 Å². The summed E-state index contributed by atoms with van der Waals surface area (Å²) in [6, 6.07) is 7.37. The van der Waals surface area contributed by atoms with Crippen molar-refractivity contribution in [3.05, 3.63) is 46.7 Å². The molecule has 0 unspecified atom stereocenters. The maximum atomic E-state index is 13.1. The van der Waals surface area contributed by atoms with Crippen molar-refractivity contribution in [2.75, 3.05) is 26.3 Å². The number of carbonyl (C=O) groups is 2. The summed E-state index contributed by atoms with van der Waals surface area (Å²) in [6.45, 7) is 8.29. The normalized spacial score (nSPS) is 21.2. The van der Waals surface area contributed by atoms with Gasteiger partial charge in [-0.3, -0.25) is 4.79 Å². The summed E-state index contributed by atoms with van der Waals surface area (Å²) < 4.78 is 5.33. The van der Waals surface area contributed by atoms with Crippen LogP contribution in [0.1, 0.15) is 43.9 Å². The van der Waals surface area contributed by atoms with E-state index in [0.717, 1.165) is 5.56 Å². The van der Waals surface area contributed by atoms with Gasteiger partial charge in [0.15, 0.2) is 0 Å². The minimum Gasteiger partial charge on any atom is -0.378 e. The molecule has 0 aromatic heterocycles. The number of ether oxygens (including phenoxy) is 1. The van der Waals surface area contributed by atoms with Crippen LogP contribution in [0.3, 0.4) is 0 Å². The van der Waals surface area contributed by atoms with Crippen LogP contribution >= 0.6 is 0 Å². The molecule has 134 valence electrons. The molecule has 25 heavy (non-hydrogen) atoms. The van der Waals surface area contributed by atoms with Gasteiger partial charge in [0, 0.05) is 18.8 Å². The molecule has 2 aliphatic rings. The maximum Gasteiger partial charge on any atom is 0.319 e. The number of morpholine rings is 1. The molecule has 1 aromatic rings. The van der Waals surface area contributed by atoms with Crippen LogP contribution < -0.4 is 10.6 Å². The van der Waals surface area contributed by atoms with Crippen molar-refractivity contribution in [3.8, 4) is 0 Å². The predicted octanol–water partition coefficient (Wildman–Crippen LogP) is 2.30. The lowest BCUT2D eigenvalue weighted by atomic mass is 9.92. The average molecular weight is 343 g/mol. The second kappa shape index (κ2) is 7.27. The zero-order valence-corrected chi connectivity index (χ0v) is 15.0. The van der Waals surface area contributed by atoms with E-state index in [1.807, 2.05) is 12.1 Å². The average Bonchev–Trinajstić information content (AvgIpc) is 2.61. The number of nitrogens with zero attached hydrogens (tertiary/aromatic N) is 1. The van der Waals surface area contributed by atoms with Crippen LogP contribution in [-0.2, 0) is 9.53 Å². The topological polar surface area (TPSA) is 70.7 Å². The second-order valence-corrected chi connectivity index (χ2v) is 6.80. The van der Waals surface area contributed by atoms with Crippen molar-refractivity contribution < 1.29 is 14.3 Å². The molecule has 0 bridgehead atoms. The van der Waals surface area contributed by atoms with Crippen molar-refractivity contribution in [1.82, 2.24) is 15.5 Å². The van der Waals surface area contributed by atoms with Gasteiger partial charge in [-0.1, -0.05) is 38.1 Å². The molecule has 1 saturated heterocycles. The highest BCUT2D eigenvalue weighted by Gasteiger charge is 2.34. The summed E-state index contributed by atoms with van der Waals surface area (Å²) in [5, 5.41) is 5.62. The van der Waals surface area contributed by atoms with Gasteiger partial charge in [-0.2, -0.15) is 0 Å². The molecule has 0 spiro atoms. The Hall–Kier alpha value is -2.34. The summed E-state index contributed by atoms with van der Waals surface area (Å²) in [6.07, 6.45) is 0. The van der Waals surface area contributed by atoms with Crippen LogP contribution in [0.25, 0.3) is 0 Å². The Bertz CT molecular complexity index is 688. The van der Waals surface area contributed by atoms with Gasteiger partial charge >= 0.3 is 6.03 Å². The molecular weight excluding hydrogens is 318 g/mol. The first-order valence-electron chi connectivity index (χ1n) is 8.72. The van der Waals surface area contributed by atoms with E-state index in [1.165, 1.54) is 5.56 Å². The Morgan fingerprint density at radius 2 is 1.84 bits per heavy atom. The number of hydrogen-bond donors (Lipinski definition) is 2. The van der Waals surface area contributed by atoms with Gasteiger partial charge in [-0.05, 0) is 24.0 Å². The molecule has 0 saturated carbocycles. The number of allylic oxidation sites excluding steroid dienone is 1. The lowest BCUT2D eigenvalue weighted by Crippen LogP contribution is -2.49. The van der Waals surface area contributed by atoms with Gasteiger partial charge in [-0.25, -0.2) is 4.79 Å². The molecule has 3 rings (SSSR count). The minimum absolute atomic E-state index is 0.0498. The number of hydrogen-bond acceptors (Lipinski definition) is 3. The van der Waals surface area contributed by atoms with Crippen molar-refractivity contribution in [3.63, 3.8) is 0 Å². The van der Waals surface area contributed by atoms with Gasteiger partial charge in [0.2, 0.25) is 0 Å². The highest BCUT2D eigenvalue weighted by molar-refractivity contribution is 5.98. The number of carbonyl (C=O) groups excluding carboxylic acids is 2. The Kier molecular flexibility index (Phi) is 5.08. The smallest absolute Gasteiger partial charge is 0.319 e. The van der Waals surface area contributed by atoms with Crippen molar-refractivity contribution in [1.29, 1.82) is 0 Å². The molecule has 2 aliphatic heterocycles. The quantitative estimate of drug-likeness (QED) is 0.885. The van der Waals surface area contributed by atoms with E-state index in [2.05, 4.69) is 36.6 Å². The zero-order chi connectivity index (χ0) is 18.0. The Morgan fingerprint density at radius 3 is 2.44 bits per heavy atom. The fourth-order valence-electron chi connectivity index (χ4n) is 3.24. The second-order valence-electron chi connectivity index (χ2n) is 6.80. The van der Waals surface area contributed by atoms with Crippen LogP contribution in [0.15, 0.2) is 35.5 Å². The number of urea groups is 1. The monoisotopic (exact) mass is 343 g/mol. The lowest BCUT2D eigenvalue weighted by Gasteiger charge is -2.34. The molecule has 1 aromatic carbocycles. The molecule has 0 radical (unpaired) electrons. The van der Waals surface area contributed by atoms with E-state index in [4.69, 9.17) is 4.74 Å². The lowest BCUT2D eigenvalue weighted by molar-refractivity contribution is -0.131. The van der Waals surface area contributed by atoms with Gasteiger partial charge in [0.1, 0.15) is 0 Å². The van der Waals surface area contributed by atoms with Crippen molar-refractivity contribution in [2.45, 2.75) is 32.7 Å². The summed E-state index contributed by atoms with van der Waals surface area (Å²) in [7, 11) is 0. The van der Waals surface area contributed by atoms with Crippen LogP contribution in [0.2, 0.25) is 0 Å². The summed E-state index contributed by atoms with van der Waals surface area (Å²) >= 11 is 0. The Morgan fingerprint density at radius 1 is 1.20 bits per heavy atom. The summed E-state index contributed by atoms with van der Waals surface area (Å²) in [5.41, 5.74) is 3.35. The molecule has 1 atom stereocenters. The highest BCUT2D eigenvalue weighted by atomic mass is 16.5. The highest BCUT2D eigenvalue weighted by Crippen LogP contribution is 2.29. The van der Waals surface area contributed by atoms with E-state index in [-0.39, 0.29) is 11.9 Å². The largest absolute Gasteiger partial charge is 0.378 e. The fourth-order valence-corrected chi connectivity index (χ4v) is 3.24. The molecular formula is C19H25N3O3. The number of rotatable bonds is 3. The molecule has 2 heterocycles. The van der Waals surface area contributed by atoms with Crippen LogP contribution in [0.4, 0.5) is 4.79 Å². The van der Waals surface area contributed by atoms with Crippen LogP contribution in [0.5, 0.6) is 0 Å². The maximum absolute atomic E-state index is 13.1. The van der Waals surface area contributed by atoms with E-state index in [9.17, 15) is 9.59 Å². The molecule has 1 fully saturated rings. The molecule has 3 amide bonds. The first-order chi connectivity index (χ1) is 12.0. The summed E-state index contributed by atoms with van der Waals surface area (Å²) in [5.74, 6) is 0.384. The number of amides is 3. The molecule has 2 N–H and O–H groups in total. The number of nitrogens with one attached hydrogen (secondary N) is 2. The van der Waals surface area contributed by atoms with E-state index in [0.29, 0.717) is 43.5 Å². The standard InChI is InChI=1S/C19H25N3O3/c1-12(2)14-4-6-15(7-5-14)17-16(13(3)20-19(24)21-17)18(23)22-8-10-25-11-9-22/h4-7,12,17H,8-11H2,1-3H3,(H2,20,21,24)/t17-/m0/s1. The van der Waals surface area contributed by atoms with Gasteiger partial charge in [-0.15, -0.1) is 0 Å². The molecule has 6 heteroatoms. The Labute approximate surface area is 148 Å². The van der Waals surface area contributed by atoms with Crippen molar-refractivity contribution in [2.24, 2.45) is 0 Å². The molecule has 0 aliphatic carbocycles. The fraction of sp³-hybridized carbons (Fsp3) is 0.474. The van der Waals surface area contributed by atoms with Crippen molar-refractivity contribution >= 4 is 11.9 Å². The third-order valence-corrected chi connectivity index (χ3v) is 4.73. The van der Waals surface area contributed by atoms with Gasteiger partial charge < -0.3 is 20.3 Å². The van der Waals surface area contributed by atoms with E-state index >= 15 is 0 Å². The summed E-state index contributed by atoms with van der Waals surface area (Å²) in [4.78, 5) is 26.8. The SMILES string of the molecule is CC1=C(C(=O)N2CCOCC2)[C@H](c2ccc(C(C)C)cc2)NC(=O)N1. The van der Waals surface area contributed by atoms with Gasteiger partial charge in [0.05, 0.1) is 24.8 Å². The third-order valence-electron chi connectivity index (χ3n) is 4.73.